The number of aromatic hydroxyl groups is 1. The molecule has 2 aromatic rings. The summed E-state index contributed by atoms with van der Waals surface area (Å²) in [5, 5.41) is 12.2. The van der Waals surface area contributed by atoms with Gasteiger partial charge in [-0.25, -0.2) is 0 Å². The molecule has 0 fully saturated rings. The lowest BCUT2D eigenvalue weighted by Gasteiger charge is -2.22. The van der Waals surface area contributed by atoms with E-state index in [4.69, 9.17) is 0 Å². The topological polar surface area (TPSA) is 52.6 Å². The summed E-state index contributed by atoms with van der Waals surface area (Å²) in [5.41, 5.74) is -0.482. The normalized spacial score (nSPS) is 11.6. The van der Waals surface area contributed by atoms with Crippen molar-refractivity contribution in [2.24, 2.45) is 0 Å². The van der Waals surface area contributed by atoms with Crippen molar-refractivity contribution in [1.82, 2.24) is 4.90 Å². The number of nitrogens with zero attached hydrogens (tertiary/aromatic N) is 1. The zero-order chi connectivity index (χ0) is 19.2. The number of halogens is 3. The third-order valence-corrected chi connectivity index (χ3v) is 3.80. The maximum Gasteiger partial charge on any atom is 0.418 e. The van der Waals surface area contributed by atoms with Gasteiger partial charge in [0.2, 0.25) is 5.91 Å². The fraction of sp³-hybridized carbons (Fsp3) is 0.316. The second-order valence-corrected chi connectivity index (χ2v) is 5.93. The number of benzene rings is 2. The highest BCUT2D eigenvalue weighted by Gasteiger charge is 2.33. The molecule has 140 valence electrons. The number of phenolic OH excluding ortho intramolecular Hbond substituents is 1. The van der Waals surface area contributed by atoms with Gasteiger partial charge in [-0.3, -0.25) is 9.69 Å². The van der Waals surface area contributed by atoms with Gasteiger partial charge in [-0.15, -0.1) is 0 Å². The molecule has 0 saturated heterocycles. The molecule has 0 aliphatic rings. The zero-order valence-corrected chi connectivity index (χ0v) is 14.4. The summed E-state index contributed by atoms with van der Waals surface area (Å²) in [6.07, 6.45) is -3.77. The summed E-state index contributed by atoms with van der Waals surface area (Å²) in [4.78, 5) is 14.0. The quantitative estimate of drug-likeness (QED) is 0.770. The second-order valence-electron chi connectivity index (χ2n) is 5.93. The van der Waals surface area contributed by atoms with Gasteiger partial charge >= 0.3 is 6.18 Å². The van der Waals surface area contributed by atoms with Crippen LogP contribution in [0.2, 0.25) is 0 Å². The van der Waals surface area contributed by atoms with E-state index in [2.05, 4.69) is 5.32 Å². The molecule has 0 radical (unpaired) electrons. The van der Waals surface area contributed by atoms with Gasteiger partial charge in [0.15, 0.2) is 0 Å². The number of carbonyl (C=O) groups is 1. The lowest BCUT2D eigenvalue weighted by atomic mass is 10.1. The van der Waals surface area contributed by atoms with E-state index in [-0.39, 0.29) is 18.0 Å². The Morgan fingerprint density at radius 3 is 2.42 bits per heavy atom. The molecule has 2 aromatic carbocycles. The Morgan fingerprint density at radius 2 is 1.77 bits per heavy atom. The highest BCUT2D eigenvalue weighted by molar-refractivity contribution is 5.93. The molecule has 0 aromatic heterocycles. The summed E-state index contributed by atoms with van der Waals surface area (Å²) in [5.74, 6) is -0.415. The van der Waals surface area contributed by atoms with E-state index < -0.39 is 17.6 Å². The van der Waals surface area contributed by atoms with Gasteiger partial charge in [-0.1, -0.05) is 37.3 Å². The largest absolute Gasteiger partial charge is 0.508 e. The first-order chi connectivity index (χ1) is 12.3. The monoisotopic (exact) mass is 366 g/mol. The van der Waals surface area contributed by atoms with Gasteiger partial charge < -0.3 is 10.4 Å². The van der Waals surface area contributed by atoms with Gasteiger partial charge in [0.1, 0.15) is 5.75 Å². The number of hydrogen-bond acceptors (Lipinski definition) is 3. The van der Waals surface area contributed by atoms with Crippen molar-refractivity contribution < 1.29 is 23.1 Å². The van der Waals surface area contributed by atoms with Crippen molar-refractivity contribution in [3.63, 3.8) is 0 Å². The zero-order valence-electron chi connectivity index (χ0n) is 14.4. The molecule has 7 heteroatoms. The average molecular weight is 366 g/mol. The Balaban J connectivity index is 2.08. The van der Waals surface area contributed by atoms with Crippen molar-refractivity contribution in [1.29, 1.82) is 0 Å². The Kier molecular flexibility index (Phi) is 6.63. The molecule has 2 rings (SSSR count). The van der Waals surface area contributed by atoms with E-state index in [9.17, 15) is 23.1 Å². The van der Waals surface area contributed by atoms with Crippen LogP contribution in [-0.2, 0) is 17.5 Å². The third-order valence-electron chi connectivity index (χ3n) is 3.80. The summed E-state index contributed by atoms with van der Waals surface area (Å²) in [7, 11) is 0. The molecule has 0 heterocycles. The minimum absolute atomic E-state index is 0.0750. The predicted octanol–water partition coefficient (Wildman–Crippen LogP) is 4.26. The molecule has 0 saturated carbocycles. The molecular weight excluding hydrogens is 345 g/mol. The fourth-order valence-corrected chi connectivity index (χ4v) is 2.65. The van der Waals surface area contributed by atoms with Crippen LogP contribution in [0.3, 0.4) is 0 Å². The van der Waals surface area contributed by atoms with Crippen molar-refractivity contribution in [3.8, 4) is 5.75 Å². The van der Waals surface area contributed by atoms with Crippen LogP contribution in [0, 0.1) is 0 Å². The number of carbonyl (C=O) groups excluding carboxylic acids is 1. The highest BCUT2D eigenvalue weighted by atomic mass is 19.4. The van der Waals surface area contributed by atoms with E-state index in [0.29, 0.717) is 18.7 Å². The van der Waals surface area contributed by atoms with Crippen molar-refractivity contribution >= 4 is 11.6 Å². The number of nitrogens with one attached hydrogen (secondary N) is 1. The SMILES string of the molecule is CCCN(CC(=O)Nc1ccccc1C(F)(F)F)Cc1ccccc1O. The number of phenols is 1. The minimum atomic E-state index is -4.54. The fourth-order valence-electron chi connectivity index (χ4n) is 2.65. The van der Waals surface area contributed by atoms with Gasteiger partial charge in [-0.05, 0) is 31.2 Å². The number of amides is 1. The highest BCUT2D eigenvalue weighted by Crippen LogP contribution is 2.34. The molecule has 0 spiro atoms. The lowest BCUT2D eigenvalue weighted by molar-refractivity contribution is -0.137. The second kappa shape index (κ2) is 8.71. The maximum atomic E-state index is 13.0. The predicted molar refractivity (Wildman–Crippen MR) is 93.7 cm³/mol. The van der Waals surface area contributed by atoms with Crippen LogP contribution < -0.4 is 5.32 Å². The summed E-state index contributed by atoms with van der Waals surface area (Å²) >= 11 is 0. The van der Waals surface area contributed by atoms with Gasteiger partial charge in [0.05, 0.1) is 17.8 Å². The molecule has 1 amide bonds. The van der Waals surface area contributed by atoms with Gasteiger partial charge in [0.25, 0.3) is 0 Å². The summed E-state index contributed by atoms with van der Waals surface area (Å²) in [6.45, 7) is 2.76. The number of hydrogen-bond donors (Lipinski definition) is 2. The molecule has 26 heavy (non-hydrogen) atoms. The molecule has 0 atom stereocenters. The Labute approximate surface area is 150 Å². The van der Waals surface area contributed by atoms with Gasteiger partial charge in [-0.2, -0.15) is 13.2 Å². The van der Waals surface area contributed by atoms with Crippen LogP contribution in [-0.4, -0.2) is 29.0 Å². The van der Waals surface area contributed by atoms with Crippen LogP contribution in [0.1, 0.15) is 24.5 Å². The average Bonchev–Trinajstić information content (AvgIpc) is 2.56. The van der Waals surface area contributed by atoms with Crippen molar-refractivity contribution in [2.45, 2.75) is 26.1 Å². The first kappa shape index (κ1) is 19.8. The van der Waals surface area contributed by atoms with E-state index in [1.165, 1.54) is 18.2 Å². The van der Waals surface area contributed by atoms with Crippen molar-refractivity contribution in [3.05, 3.63) is 59.7 Å². The first-order valence-electron chi connectivity index (χ1n) is 8.26. The van der Waals surface area contributed by atoms with Crippen LogP contribution >= 0.6 is 0 Å². The minimum Gasteiger partial charge on any atom is -0.508 e. The number of rotatable bonds is 7. The molecular formula is C19H21F3N2O2. The van der Waals surface area contributed by atoms with E-state index in [0.717, 1.165) is 12.5 Å². The van der Waals surface area contributed by atoms with Crippen LogP contribution in [0.5, 0.6) is 5.75 Å². The third kappa shape index (κ3) is 5.49. The number of anilines is 1. The van der Waals surface area contributed by atoms with Crippen LogP contribution in [0.4, 0.5) is 18.9 Å². The Morgan fingerprint density at radius 1 is 1.12 bits per heavy atom. The van der Waals surface area contributed by atoms with Crippen LogP contribution in [0.25, 0.3) is 0 Å². The van der Waals surface area contributed by atoms with Crippen LogP contribution in [0.15, 0.2) is 48.5 Å². The smallest absolute Gasteiger partial charge is 0.418 e. The standard InChI is InChI=1S/C19H21F3N2O2/c1-2-11-24(12-14-7-3-6-10-17(14)25)13-18(26)23-16-9-5-4-8-15(16)19(20,21)22/h3-10,25H,2,11-13H2,1H3,(H,23,26). The lowest BCUT2D eigenvalue weighted by Crippen LogP contribution is -2.34. The molecule has 0 aliphatic carbocycles. The maximum absolute atomic E-state index is 13.0. The molecule has 0 aliphatic heterocycles. The van der Waals surface area contributed by atoms with E-state index in [1.807, 2.05) is 6.92 Å². The Bertz CT molecular complexity index is 748. The Hall–Kier alpha value is -2.54. The van der Waals surface area contributed by atoms with Crippen molar-refractivity contribution in [2.75, 3.05) is 18.4 Å². The molecule has 4 nitrogen and oxygen atoms in total. The number of alkyl halides is 3. The summed E-state index contributed by atoms with van der Waals surface area (Å²) in [6, 6.07) is 11.7. The van der Waals surface area contributed by atoms with E-state index >= 15 is 0 Å². The summed E-state index contributed by atoms with van der Waals surface area (Å²) < 4.78 is 39.1. The van der Waals surface area contributed by atoms with E-state index in [1.54, 1.807) is 29.2 Å². The van der Waals surface area contributed by atoms with Gasteiger partial charge in [0, 0.05) is 12.1 Å². The first-order valence-corrected chi connectivity index (χ1v) is 8.26. The number of para-hydroxylation sites is 2. The molecule has 0 unspecified atom stereocenters. The molecule has 2 N–H and O–H groups in total. The molecule has 0 bridgehead atoms.